The molecule has 0 fully saturated rings. The van der Waals surface area contributed by atoms with E-state index in [1.165, 1.54) is 16.8 Å². The van der Waals surface area contributed by atoms with Crippen LogP contribution in [0.25, 0.3) is 0 Å². The van der Waals surface area contributed by atoms with E-state index in [9.17, 15) is 0 Å². The Morgan fingerprint density at radius 2 is 1.88 bits per heavy atom. The predicted octanol–water partition coefficient (Wildman–Crippen LogP) is 4.62. The van der Waals surface area contributed by atoms with Crippen molar-refractivity contribution in [3.05, 3.63) is 64.1 Å². The van der Waals surface area contributed by atoms with Gasteiger partial charge in [-0.15, -0.1) is 0 Å². The molecule has 0 aliphatic heterocycles. The lowest BCUT2D eigenvalue weighted by atomic mass is 10.1. The summed E-state index contributed by atoms with van der Waals surface area (Å²) >= 11 is 3.49. The van der Waals surface area contributed by atoms with Gasteiger partial charge in [-0.1, -0.05) is 53.2 Å². The summed E-state index contributed by atoms with van der Waals surface area (Å²) in [5, 5.41) is 3.49. The predicted molar refractivity (Wildman–Crippen MR) is 77.3 cm³/mol. The van der Waals surface area contributed by atoms with Crippen LogP contribution in [0, 0.1) is 0 Å². The molecule has 0 atom stereocenters. The maximum Gasteiger partial charge on any atom is 0.0401 e. The molecule has 0 saturated heterocycles. The molecule has 0 saturated carbocycles. The number of para-hydroxylation sites is 1. The van der Waals surface area contributed by atoms with E-state index in [1.54, 1.807) is 0 Å². The summed E-state index contributed by atoms with van der Waals surface area (Å²) in [4.78, 5) is 0. The van der Waals surface area contributed by atoms with Crippen LogP contribution in [0.15, 0.2) is 53.0 Å². The number of halogens is 1. The van der Waals surface area contributed by atoms with Crippen LogP contribution in [0.5, 0.6) is 0 Å². The maximum atomic E-state index is 3.49. The van der Waals surface area contributed by atoms with E-state index in [4.69, 9.17) is 0 Å². The molecule has 0 spiro atoms. The second-order valence-electron chi connectivity index (χ2n) is 3.99. The van der Waals surface area contributed by atoms with E-state index in [2.05, 4.69) is 70.6 Å². The van der Waals surface area contributed by atoms with Crippen LogP contribution in [0.3, 0.4) is 0 Å². The van der Waals surface area contributed by atoms with Crippen LogP contribution in [-0.2, 0) is 13.0 Å². The highest BCUT2D eigenvalue weighted by atomic mass is 79.9. The quantitative estimate of drug-likeness (QED) is 0.866. The summed E-state index contributed by atoms with van der Waals surface area (Å²) in [5.74, 6) is 0. The largest absolute Gasteiger partial charge is 0.381 e. The summed E-state index contributed by atoms with van der Waals surface area (Å²) in [6.07, 6.45) is 1.06. The molecule has 2 rings (SSSR count). The molecule has 2 aromatic rings. The zero-order chi connectivity index (χ0) is 12.1. The first-order chi connectivity index (χ1) is 8.29. The Kier molecular flexibility index (Phi) is 4.21. The van der Waals surface area contributed by atoms with Crippen molar-refractivity contribution in [2.75, 3.05) is 5.32 Å². The van der Waals surface area contributed by atoms with Crippen molar-refractivity contribution in [3.8, 4) is 0 Å². The summed E-state index contributed by atoms with van der Waals surface area (Å²) < 4.78 is 1.13. The van der Waals surface area contributed by atoms with Gasteiger partial charge < -0.3 is 5.32 Å². The Morgan fingerprint density at radius 1 is 1.06 bits per heavy atom. The normalized spacial score (nSPS) is 10.2. The second kappa shape index (κ2) is 5.87. The van der Waals surface area contributed by atoms with Crippen molar-refractivity contribution in [1.29, 1.82) is 0 Å². The van der Waals surface area contributed by atoms with Gasteiger partial charge in [0.05, 0.1) is 0 Å². The van der Waals surface area contributed by atoms with E-state index in [0.717, 1.165) is 17.4 Å². The van der Waals surface area contributed by atoms with Gasteiger partial charge in [-0.05, 0) is 35.7 Å². The van der Waals surface area contributed by atoms with Gasteiger partial charge in [0.2, 0.25) is 0 Å². The van der Waals surface area contributed by atoms with Crippen LogP contribution in [0.4, 0.5) is 5.69 Å². The van der Waals surface area contributed by atoms with Gasteiger partial charge in [-0.3, -0.25) is 0 Å². The summed E-state index contributed by atoms with van der Waals surface area (Å²) in [7, 11) is 0. The van der Waals surface area contributed by atoms with E-state index in [-0.39, 0.29) is 0 Å². The lowest BCUT2D eigenvalue weighted by molar-refractivity contribution is 1.09. The number of nitrogens with one attached hydrogen (secondary N) is 1. The van der Waals surface area contributed by atoms with Crippen LogP contribution < -0.4 is 5.32 Å². The first-order valence-corrected chi connectivity index (χ1v) is 6.65. The molecule has 0 aromatic heterocycles. The van der Waals surface area contributed by atoms with Crippen molar-refractivity contribution < 1.29 is 0 Å². The minimum atomic E-state index is 0.858. The third kappa shape index (κ3) is 3.34. The van der Waals surface area contributed by atoms with Crippen molar-refractivity contribution >= 4 is 21.6 Å². The smallest absolute Gasteiger partial charge is 0.0401 e. The first-order valence-electron chi connectivity index (χ1n) is 5.86. The van der Waals surface area contributed by atoms with Crippen LogP contribution in [0.2, 0.25) is 0 Å². The Hall–Kier alpha value is -1.28. The van der Waals surface area contributed by atoms with Crippen LogP contribution in [-0.4, -0.2) is 0 Å². The van der Waals surface area contributed by atoms with E-state index < -0.39 is 0 Å². The molecule has 0 heterocycles. The lowest BCUT2D eigenvalue weighted by Crippen LogP contribution is -2.01. The number of hydrogen-bond donors (Lipinski definition) is 1. The Bertz CT molecular complexity index is 494. The van der Waals surface area contributed by atoms with E-state index >= 15 is 0 Å². The molecular weight excluding hydrogens is 274 g/mol. The molecule has 0 unspecified atom stereocenters. The number of benzene rings is 2. The van der Waals surface area contributed by atoms with Crippen molar-refractivity contribution in [2.45, 2.75) is 19.9 Å². The average molecular weight is 290 g/mol. The topological polar surface area (TPSA) is 12.0 Å². The van der Waals surface area contributed by atoms with Gasteiger partial charge in [-0.25, -0.2) is 0 Å². The highest BCUT2D eigenvalue weighted by Crippen LogP contribution is 2.17. The van der Waals surface area contributed by atoms with Gasteiger partial charge in [0.15, 0.2) is 0 Å². The highest BCUT2D eigenvalue weighted by molar-refractivity contribution is 9.10. The van der Waals surface area contributed by atoms with Gasteiger partial charge in [0.25, 0.3) is 0 Å². The van der Waals surface area contributed by atoms with Crippen molar-refractivity contribution in [1.82, 2.24) is 0 Å². The Balaban J connectivity index is 2.07. The van der Waals surface area contributed by atoms with Gasteiger partial charge in [0.1, 0.15) is 0 Å². The molecule has 1 nitrogen and oxygen atoms in total. The summed E-state index contributed by atoms with van der Waals surface area (Å²) in [6.45, 7) is 3.04. The fourth-order valence-electron chi connectivity index (χ4n) is 1.85. The average Bonchev–Trinajstić information content (AvgIpc) is 2.37. The third-order valence-electron chi connectivity index (χ3n) is 2.77. The van der Waals surface area contributed by atoms with E-state index in [0.29, 0.717) is 0 Å². The van der Waals surface area contributed by atoms with Gasteiger partial charge in [0, 0.05) is 16.7 Å². The standard InChI is InChI=1S/C15H16BrN/c1-2-13-7-3-4-9-15(13)17-11-12-6-5-8-14(16)10-12/h3-10,17H,2,11H2,1H3. The molecule has 0 bridgehead atoms. The monoisotopic (exact) mass is 289 g/mol. The minimum absolute atomic E-state index is 0.858. The number of hydrogen-bond acceptors (Lipinski definition) is 1. The van der Waals surface area contributed by atoms with E-state index in [1.807, 2.05) is 6.07 Å². The van der Waals surface area contributed by atoms with Gasteiger partial charge in [-0.2, -0.15) is 0 Å². The Labute approximate surface area is 111 Å². The maximum absolute atomic E-state index is 3.49. The molecule has 0 aliphatic carbocycles. The van der Waals surface area contributed by atoms with Crippen molar-refractivity contribution in [3.63, 3.8) is 0 Å². The minimum Gasteiger partial charge on any atom is -0.381 e. The fraction of sp³-hybridized carbons (Fsp3) is 0.200. The number of anilines is 1. The molecule has 17 heavy (non-hydrogen) atoms. The molecular formula is C15H16BrN. The summed E-state index contributed by atoms with van der Waals surface area (Å²) in [5.41, 5.74) is 3.88. The molecule has 88 valence electrons. The van der Waals surface area contributed by atoms with Crippen LogP contribution in [0.1, 0.15) is 18.1 Å². The molecule has 0 radical (unpaired) electrons. The van der Waals surface area contributed by atoms with Crippen molar-refractivity contribution in [2.24, 2.45) is 0 Å². The number of aryl methyl sites for hydroxylation is 1. The summed E-state index contributed by atoms with van der Waals surface area (Å²) in [6, 6.07) is 16.8. The zero-order valence-electron chi connectivity index (χ0n) is 9.91. The molecule has 0 aliphatic rings. The third-order valence-corrected chi connectivity index (χ3v) is 3.26. The van der Waals surface area contributed by atoms with Gasteiger partial charge >= 0.3 is 0 Å². The molecule has 2 heteroatoms. The number of rotatable bonds is 4. The fourth-order valence-corrected chi connectivity index (χ4v) is 2.29. The Morgan fingerprint density at radius 3 is 2.65 bits per heavy atom. The molecule has 2 aromatic carbocycles. The molecule has 0 amide bonds. The SMILES string of the molecule is CCc1ccccc1NCc1cccc(Br)c1. The lowest BCUT2D eigenvalue weighted by Gasteiger charge is -2.10. The van der Waals surface area contributed by atoms with Crippen LogP contribution >= 0.6 is 15.9 Å². The highest BCUT2D eigenvalue weighted by Gasteiger charge is 1.99. The second-order valence-corrected chi connectivity index (χ2v) is 4.91. The first kappa shape index (κ1) is 12.2. The molecule has 1 N–H and O–H groups in total. The zero-order valence-corrected chi connectivity index (χ0v) is 11.5.